The first kappa shape index (κ1) is 10.7. The van der Waals surface area contributed by atoms with Gasteiger partial charge in [0.2, 0.25) is 0 Å². The maximum atomic E-state index is 11.4. The van der Waals surface area contributed by atoms with Gasteiger partial charge in [0.1, 0.15) is 5.60 Å². The fourth-order valence-electron chi connectivity index (χ4n) is 0.850. The Morgan fingerprint density at radius 1 is 1.64 bits per heavy atom. The van der Waals surface area contributed by atoms with Crippen molar-refractivity contribution < 1.29 is 14.6 Å². The van der Waals surface area contributed by atoms with E-state index in [1.807, 2.05) is 0 Å². The molecule has 78 valence electrons. The maximum absolute atomic E-state index is 11.4. The van der Waals surface area contributed by atoms with Gasteiger partial charge in [-0.25, -0.2) is 4.79 Å². The van der Waals surface area contributed by atoms with Crippen LogP contribution in [0.3, 0.4) is 0 Å². The van der Waals surface area contributed by atoms with Gasteiger partial charge in [-0.1, -0.05) is 0 Å². The lowest BCUT2D eigenvalue weighted by Gasteiger charge is -2.18. The van der Waals surface area contributed by atoms with Crippen LogP contribution in [0.2, 0.25) is 0 Å². The molecular weight excluding hydrogens is 184 g/mol. The molecule has 1 N–H and O–H groups in total. The number of hydrogen-bond donors (Lipinski definition) is 1. The summed E-state index contributed by atoms with van der Waals surface area (Å²) in [5, 5.41) is 12.5. The first-order valence-corrected chi connectivity index (χ1v) is 4.30. The quantitative estimate of drug-likeness (QED) is 0.735. The number of aromatic nitrogens is 2. The van der Waals surface area contributed by atoms with E-state index in [1.54, 1.807) is 20.8 Å². The van der Waals surface area contributed by atoms with Gasteiger partial charge in [-0.2, -0.15) is 9.78 Å². The molecule has 5 heteroatoms. The Morgan fingerprint density at radius 2 is 2.29 bits per heavy atom. The number of ether oxygens (including phenoxy) is 1. The summed E-state index contributed by atoms with van der Waals surface area (Å²) in [7, 11) is 0. The van der Waals surface area contributed by atoms with Gasteiger partial charge in [-0.15, -0.1) is 0 Å². The molecule has 1 aromatic rings. The number of nitrogens with zero attached hydrogens (tertiary/aromatic N) is 2. The lowest BCUT2D eigenvalue weighted by molar-refractivity contribution is 0.0514. The van der Waals surface area contributed by atoms with E-state index in [-0.39, 0.29) is 6.61 Å². The van der Waals surface area contributed by atoms with Crippen LogP contribution in [0.15, 0.2) is 12.4 Å². The van der Waals surface area contributed by atoms with Crippen LogP contribution in [0.25, 0.3) is 0 Å². The molecule has 0 aliphatic rings. The first-order valence-electron chi connectivity index (χ1n) is 4.30. The average molecular weight is 198 g/mol. The van der Waals surface area contributed by atoms with Crippen LogP contribution in [-0.2, 0) is 11.3 Å². The Kier molecular flexibility index (Phi) is 2.90. The number of hydrogen-bond acceptors (Lipinski definition) is 4. The minimum atomic E-state index is -0.544. The second-order valence-electron chi connectivity index (χ2n) is 3.93. The molecule has 0 radical (unpaired) electrons. The van der Waals surface area contributed by atoms with Gasteiger partial charge in [0, 0.05) is 11.8 Å². The summed E-state index contributed by atoms with van der Waals surface area (Å²) >= 11 is 0. The predicted molar refractivity (Wildman–Crippen MR) is 49.8 cm³/mol. The van der Waals surface area contributed by atoms with Gasteiger partial charge >= 0.3 is 6.09 Å². The summed E-state index contributed by atoms with van der Waals surface area (Å²) in [5.41, 5.74) is 0.0402. The summed E-state index contributed by atoms with van der Waals surface area (Å²) in [4.78, 5) is 11.4. The van der Waals surface area contributed by atoms with E-state index in [1.165, 1.54) is 12.4 Å². The lowest BCUT2D eigenvalue weighted by atomic mass is 10.2. The smallest absolute Gasteiger partial charge is 0.435 e. The fraction of sp³-hybridized carbons (Fsp3) is 0.556. The molecule has 0 atom stereocenters. The number of aliphatic hydroxyl groups is 1. The summed E-state index contributed by atoms with van der Waals surface area (Å²) < 4.78 is 6.13. The zero-order valence-electron chi connectivity index (χ0n) is 8.52. The van der Waals surface area contributed by atoms with Crippen molar-refractivity contribution in [3.8, 4) is 0 Å². The van der Waals surface area contributed by atoms with E-state index in [0.29, 0.717) is 5.56 Å². The topological polar surface area (TPSA) is 64.3 Å². The third kappa shape index (κ3) is 2.85. The molecule has 0 saturated carbocycles. The van der Waals surface area contributed by atoms with Crippen molar-refractivity contribution in [2.24, 2.45) is 0 Å². The Bertz CT molecular complexity index is 325. The SMILES string of the molecule is CC(C)(C)OC(=O)n1cc(CO)cn1. The molecule has 0 amide bonds. The third-order valence-corrected chi connectivity index (χ3v) is 1.40. The van der Waals surface area contributed by atoms with E-state index in [2.05, 4.69) is 5.10 Å². The van der Waals surface area contributed by atoms with Gasteiger partial charge in [0.25, 0.3) is 0 Å². The van der Waals surface area contributed by atoms with Gasteiger partial charge in [-0.05, 0) is 20.8 Å². The zero-order valence-corrected chi connectivity index (χ0v) is 8.52. The summed E-state index contributed by atoms with van der Waals surface area (Å²) in [5.74, 6) is 0. The highest BCUT2D eigenvalue weighted by Crippen LogP contribution is 2.08. The molecule has 5 nitrogen and oxygen atoms in total. The van der Waals surface area contributed by atoms with Crippen LogP contribution in [0.4, 0.5) is 4.79 Å². The number of rotatable bonds is 1. The summed E-state index contributed by atoms with van der Waals surface area (Å²) in [6.45, 7) is 5.20. The highest BCUT2D eigenvalue weighted by atomic mass is 16.6. The highest BCUT2D eigenvalue weighted by Gasteiger charge is 2.18. The Balaban J connectivity index is 2.70. The first-order chi connectivity index (χ1) is 6.42. The minimum Gasteiger partial charge on any atom is -0.442 e. The molecule has 0 fully saturated rings. The van der Waals surface area contributed by atoms with Crippen LogP contribution in [0.1, 0.15) is 26.3 Å². The van der Waals surface area contributed by atoms with E-state index < -0.39 is 11.7 Å². The van der Waals surface area contributed by atoms with Gasteiger partial charge in [0.15, 0.2) is 0 Å². The van der Waals surface area contributed by atoms with Crippen molar-refractivity contribution in [3.05, 3.63) is 18.0 Å². The second kappa shape index (κ2) is 3.79. The van der Waals surface area contributed by atoms with Crippen molar-refractivity contribution in [2.45, 2.75) is 33.0 Å². The van der Waals surface area contributed by atoms with E-state index in [4.69, 9.17) is 9.84 Å². The normalized spacial score (nSPS) is 11.4. The molecule has 14 heavy (non-hydrogen) atoms. The largest absolute Gasteiger partial charge is 0.442 e. The summed E-state index contributed by atoms with van der Waals surface area (Å²) in [6, 6.07) is 0. The van der Waals surface area contributed by atoms with Crippen molar-refractivity contribution in [3.63, 3.8) is 0 Å². The van der Waals surface area contributed by atoms with Crippen molar-refractivity contribution in [1.29, 1.82) is 0 Å². The molecule has 0 saturated heterocycles. The monoisotopic (exact) mass is 198 g/mol. The number of carbonyl (C=O) groups is 1. The van der Waals surface area contributed by atoms with Crippen LogP contribution < -0.4 is 0 Å². The predicted octanol–water partition coefficient (Wildman–Crippen LogP) is 1.16. The molecule has 0 spiro atoms. The number of carbonyl (C=O) groups excluding carboxylic acids is 1. The molecular formula is C9H14N2O3. The molecule has 1 rings (SSSR count). The van der Waals surface area contributed by atoms with E-state index in [9.17, 15) is 4.79 Å². The average Bonchev–Trinajstić information content (AvgIpc) is 2.48. The standard InChI is InChI=1S/C9H14N2O3/c1-9(2,3)14-8(13)11-5-7(6-12)4-10-11/h4-5,12H,6H2,1-3H3. The second-order valence-corrected chi connectivity index (χ2v) is 3.93. The highest BCUT2D eigenvalue weighted by molar-refractivity contribution is 5.69. The van der Waals surface area contributed by atoms with Crippen LogP contribution in [0, 0.1) is 0 Å². The Morgan fingerprint density at radius 3 is 2.71 bits per heavy atom. The third-order valence-electron chi connectivity index (χ3n) is 1.40. The van der Waals surface area contributed by atoms with E-state index >= 15 is 0 Å². The van der Waals surface area contributed by atoms with Crippen molar-refractivity contribution in [2.75, 3.05) is 0 Å². The Hall–Kier alpha value is -1.36. The van der Waals surface area contributed by atoms with Crippen LogP contribution in [-0.4, -0.2) is 26.6 Å². The molecule has 0 aliphatic carbocycles. The number of aliphatic hydroxyl groups excluding tert-OH is 1. The minimum absolute atomic E-state index is 0.136. The van der Waals surface area contributed by atoms with Gasteiger partial charge in [-0.3, -0.25) is 0 Å². The summed E-state index contributed by atoms with van der Waals surface area (Å²) in [6.07, 6.45) is 2.31. The van der Waals surface area contributed by atoms with Crippen molar-refractivity contribution in [1.82, 2.24) is 9.78 Å². The van der Waals surface area contributed by atoms with Gasteiger partial charge in [0.05, 0.1) is 12.8 Å². The lowest BCUT2D eigenvalue weighted by Crippen LogP contribution is -2.27. The molecule has 0 aliphatic heterocycles. The fourth-order valence-corrected chi connectivity index (χ4v) is 0.850. The Labute approximate surface area is 82.3 Å². The maximum Gasteiger partial charge on any atom is 0.435 e. The molecule has 0 unspecified atom stereocenters. The van der Waals surface area contributed by atoms with E-state index in [0.717, 1.165) is 4.68 Å². The molecule has 1 heterocycles. The molecule has 0 aromatic carbocycles. The van der Waals surface area contributed by atoms with Gasteiger partial charge < -0.3 is 9.84 Å². The van der Waals surface area contributed by atoms with Crippen LogP contribution >= 0.6 is 0 Å². The molecule has 1 aromatic heterocycles. The molecule has 0 bridgehead atoms. The van der Waals surface area contributed by atoms with Crippen LogP contribution in [0.5, 0.6) is 0 Å². The zero-order chi connectivity index (χ0) is 10.8. The van der Waals surface area contributed by atoms with Crippen molar-refractivity contribution >= 4 is 6.09 Å².